The van der Waals surface area contributed by atoms with E-state index in [0.717, 1.165) is 11.1 Å². The van der Waals surface area contributed by atoms with Crippen molar-refractivity contribution in [3.63, 3.8) is 0 Å². The quantitative estimate of drug-likeness (QED) is 0.636. The van der Waals surface area contributed by atoms with Gasteiger partial charge in [0.05, 0.1) is 5.52 Å². The Kier molecular flexibility index (Phi) is 1.40. The van der Waals surface area contributed by atoms with Crippen molar-refractivity contribution in [2.45, 2.75) is 6.92 Å². The molecular formula is C8H7N3O. The van der Waals surface area contributed by atoms with Gasteiger partial charge in [0.2, 0.25) is 0 Å². The molecule has 0 aliphatic rings. The number of carbonyl (C=O) groups excluding carboxylic acids is 1. The van der Waals surface area contributed by atoms with Crippen molar-refractivity contribution in [3.8, 4) is 0 Å². The molecule has 0 spiro atoms. The second kappa shape index (κ2) is 2.41. The second-order valence-corrected chi connectivity index (χ2v) is 2.62. The minimum absolute atomic E-state index is 0.322. The van der Waals surface area contributed by atoms with Gasteiger partial charge in [0.1, 0.15) is 0 Å². The molecule has 0 bridgehead atoms. The molecule has 4 nitrogen and oxygen atoms in total. The van der Waals surface area contributed by atoms with Crippen LogP contribution in [-0.4, -0.2) is 21.2 Å². The highest BCUT2D eigenvalue weighted by atomic mass is 16.1. The number of hydrogen-bond acceptors (Lipinski definition) is 3. The number of aryl methyl sites for hydroxylation is 1. The molecule has 2 aromatic rings. The van der Waals surface area contributed by atoms with E-state index in [1.165, 1.54) is 0 Å². The Balaban J connectivity index is 2.75. The first-order valence-corrected chi connectivity index (χ1v) is 3.57. The Morgan fingerprint density at radius 1 is 1.58 bits per heavy atom. The molecule has 0 aromatic carbocycles. The largest absolute Gasteiger partial charge is 0.334 e. The number of imidazole rings is 1. The number of aromatic amines is 1. The minimum atomic E-state index is 0.322. The van der Waals surface area contributed by atoms with E-state index in [-0.39, 0.29) is 0 Å². The topological polar surface area (TPSA) is 58.6 Å². The zero-order valence-corrected chi connectivity index (χ0v) is 6.53. The third-order valence-electron chi connectivity index (χ3n) is 1.60. The zero-order chi connectivity index (χ0) is 8.55. The molecule has 0 unspecified atom stereocenters. The van der Waals surface area contributed by atoms with E-state index in [1.54, 1.807) is 6.20 Å². The summed E-state index contributed by atoms with van der Waals surface area (Å²) in [5.74, 6) is 0.322. The SMILES string of the molecule is Cc1cnc2nc(C=O)[nH]c2c1. The van der Waals surface area contributed by atoms with Crippen molar-refractivity contribution in [3.05, 3.63) is 23.7 Å². The first kappa shape index (κ1) is 6.97. The Labute approximate surface area is 68.7 Å². The van der Waals surface area contributed by atoms with Crippen LogP contribution in [0.1, 0.15) is 16.2 Å². The molecule has 12 heavy (non-hydrogen) atoms. The summed E-state index contributed by atoms with van der Waals surface area (Å²) >= 11 is 0. The van der Waals surface area contributed by atoms with Crippen LogP contribution in [-0.2, 0) is 0 Å². The van der Waals surface area contributed by atoms with Gasteiger partial charge in [0.25, 0.3) is 0 Å². The lowest BCUT2D eigenvalue weighted by atomic mass is 10.3. The Hall–Kier alpha value is -1.71. The maximum Gasteiger partial charge on any atom is 0.185 e. The summed E-state index contributed by atoms with van der Waals surface area (Å²) in [4.78, 5) is 21.2. The lowest BCUT2D eigenvalue weighted by Gasteiger charge is -1.88. The molecule has 0 amide bonds. The predicted octanol–water partition coefficient (Wildman–Crippen LogP) is 1.08. The van der Waals surface area contributed by atoms with Crippen LogP contribution >= 0.6 is 0 Å². The smallest absolute Gasteiger partial charge is 0.185 e. The molecule has 0 saturated heterocycles. The number of nitrogens with zero attached hydrogens (tertiary/aromatic N) is 2. The molecule has 1 N–H and O–H groups in total. The van der Waals surface area contributed by atoms with Crippen LogP contribution in [0.5, 0.6) is 0 Å². The molecule has 4 heteroatoms. The molecule has 2 aromatic heterocycles. The van der Waals surface area contributed by atoms with Gasteiger partial charge in [-0.05, 0) is 18.6 Å². The van der Waals surface area contributed by atoms with E-state index in [4.69, 9.17) is 0 Å². The number of fused-ring (bicyclic) bond motifs is 1. The van der Waals surface area contributed by atoms with Crippen LogP contribution in [0.25, 0.3) is 11.2 Å². The summed E-state index contributed by atoms with van der Waals surface area (Å²) in [5.41, 5.74) is 2.43. The summed E-state index contributed by atoms with van der Waals surface area (Å²) in [6.45, 7) is 1.94. The van der Waals surface area contributed by atoms with E-state index in [1.807, 2.05) is 13.0 Å². The number of aromatic nitrogens is 3. The maximum absolute atomic E-state index is 10.3. The third-order valence-corrected chi connectivity index (χ3v) is 1.60. The maximum atomic E-state index is 10.3. The first-order valence-electron chi connectivity index (χ1n) is 3.57. The summed E-state index contributed by atoms with van der Waals surface area (Å²) in [6.07, 6.45) is 2.40. The number of H-pyrrole nitrogens is 1. The summed E-state index contributed by atoms with van der Waals surface area (Å²) in [6, 6.07) is 1.91. The second-order valence-electron chi connectivity index (χ2n) is 2.62. The minimum Gasteiger partial charge on any atom is -0.334 e. The van der Waals surface area contributed by atoms with Crippen molar-refractivity contribution in [2.75, 3.05) is 0 Å². The Morgan fingerprint density at radius 3 is 3.17 bits per heavy atom. The van der Waals surface area contributed by atoms with E-state index in [9.17, 15) is 4.79 Å². The number of carbonyl (C=O) groups is 1. The fourth-order valence-corrected chi connectivity index (χ4v) is 1.08. The Bertz CT molecular complexity index is 433. The highest BCUT2D eigenvalue weighted by molar-refractivity contribution is 5.79. The molecule has 0 fully saturated rings. The van der Waals surface area contributed by atoms with Crippen molar-refractivity contribution >= 4 is 17.5 Å². The molecule has 0 aliphatic carbocycles. The van der Waals surface area contributed by atoms with Gasteiger partial charge in [-0.1, -0.05) is 0 Å². The lowest BCUT2D eigenvalue weighted by Crippen LogP contribution is -1.79. The van der Waals surface area contributed by atoms with Gasteiger partial charge in [0, 0.05) is 6.20 Å². The molecule has 2 rings (SSSR count). The van der Waals surface area contributed by atoms with E-state index in [2.05, 4.69) is 15.0 Å². The van der Waals surface area contributed by atoms with Gasteiger partial charge in [-0.25, -0.2) is 9.97 Å². The number of pyridine rings is 1. The van der Waals surface area contributed by atoms with Gasteiger partial charge in [-0.2, -0.15) is 0 Å². The highest BCUT2D eigenvalue weighted by Crippen LogP contribution is 2.08. The molecule has 0 atom stereocenters. The van der Waals surface area contributed by atoms with Gasteiger partial charge in [-0.3, -0.25) is 4.79 Å². The highest BCUT2D eigenvalue weighted by Gasteiger charge is 2.01. The van der Waals surface area contributed by atoms with Crippen LogP contribution in [0, 0.1) is 6.92 Å². The van der Waals surface area contributed by atoms with Gasteiger partial charge in [0.15, 0.2) is 17.8 Å². The third kappa shape index (κ3) is 0.972. The van der Waals surface area contributed by atoms with E-state index < -0.39 is 0 Å². The van der Waals surface area contributed by atoms with E-state index in [0.29, 0.717) is 17.8 Å². The number of nitrogens with one attached hydrogen (secondary N) is 1. The average Bonchev–Trinajstić information content (AvgIpc) is 2.46. The first-order chi connectivity index (χ1) is 5.79. The molecule has 60 valence electrons. The normalized spacial score (nSPS) is 10.4. The van der Waals surface area contributed by atoms with Crippen LogP contribution in [0.2, 0.25) is 0 Å². The molecule has 0 radical (unpaired) electrons. The van der Waals surface area contributed by atoms with Crippen molar-refractivity contribution in [1.29, 1.82) is 0 Å². The van der Waals surface area contributed by atoms with Crippen LogP contribution in [0.4, 0.5) is 0 Å². The average molecular weight is 161 g/mol. The van der Waals surface area contributed by atoms with Crippen LogP contribution in [0.15, 0.2) is 12.3 Å². The monoisotopic (exact) mass is 161 g/mol. The molecule has 0 saturated carbocycles. The molecular weight excluding hydrogens is 154 g/mol. The zero-order valence-electron chi connectivity index (χ0n) is 6.53. The summed E-state index contributed by atoms with van der Waals surface area (Å²) in [7, 11) is 0. The fourth-order valence-electron chi connectivity index (χ4n) is 1.08. The van der Waals surface area contributed by atoms with E-state index >= 15 is 0 Å². The van der Waals surface area contributed by atoms with Gasteiger partial charge >= 0.3 is 0 Å². The molecule has 0 aliphatic heterocycles. The number of hydrogen-bond donors (Lipinski definition) is 1. The van der Waals surface area contributed by atoms with Gasteiger partial charge < -0.3 is 4.98 Å². The standard InChI is InChI=1S/C8H7N3O/c1-5-2-6-8(9-3-5)11-7(4-12)10-6/h2-4H,1H3,(H,9,10,11). The fraction of sp³-hybridized carbons (Fsp3) is 0.125. The number of aldehydes is 1. The summed E-state index contributed by atoms with van der Waals surface area (Å²) in [5, 5.41) is 0. The van der Waals surface area contributed by atoms with Crippen molar-refractivity contribution < 1.29 is 4.79 Å². The van der Waals surface area contributed by atoms with Crippen molar-refractivity contribution in [2.24, 2.45) is 0 Å². The molecule has 2 heterocycles. The van der Waals surface area contributed by atoms with Crippen LogP contribution < -0.4 is 0 Å². The van der Waals surface area contributed by atoms with Crippen molar-refractivity contribution in [1.82, 2.24) is 15.0 Å². The summed E-state index contributed by atoms with van der Waals surface area (Å²) < 4.78 is 0. The Morgan fingerprint density at radius 2 is 2.42 bits per heavy atom. The van der Waals surface area contributed by atoms with Crippen LogP contribution in [0.3, 0.4) is 0 Å². The lowest BCUT2D eigenvalue weighted by molar-refractivity contribution is 0.111. The predicted molar refractivity (Wildman–Crippen MR) is 44.0 cm³/mol. The number of rotatable bonds is 1. The van der Waals surface area contributed by atoms with Gasteiger partial charge in [-0.15, -0.1) is 0 Å².